The fourth-order valence-corrected chi connectivity index (χ4v) is 3.25. The van der Waals surface area contributed by atoms with E-state index >= 15 is 0 Å². The van der Waals surface area contributed by atoms with Crippen LogP contribution in [0.2, 0.25) is 0 Å². The maximum atomic E-state index is 12.1. The number of hydrazone groups is 1. The topological polar surface area (TPSA) is 102 Å². The first-order valence-corrected chi connectivity index (χ1v) is 9.06. The number of para-hydroxylation sites is 2. The van der Waals surface area contributed by atoms with Gasteiger partial charge in [0.1, 0.15) is 0 Å². The van der Waals surface area contributed by atoms with Crippen LogP contribution in [0.5, 0.6) is 0 Å². The molecule has 0 spiro atoms. The molecule has 0 saturated carbocycles. The number of benzene rings is 2. The summed E-state index contributed by atoms with van der Waals surface area (Å²) in [7, 11) is 1.90. The normalized spacial score (nSPS) is 11.6. The van der Waals surface area contributed by atoms with Crippen molar-refractivity contribution in [3.05, 3.63) is 64.2 Å². The number of fused-ring (bicyclic) bond motifs is 1. The summed E-state index contributed by atoms with van der Waals surface area (Å²) in [5, 5.41) is 15.6. The first kappa shape index (κ1) is 18.6. The molecule has 1 heterocycles. The van der Waals surface area contributed by atoms with Crippen molar-refractivity contribution in [2.45, 2.75) is 12.1 Å². The Morgan fingerprint density at radius 1 is 1.30 bits per heavy atom. The largest absolute Gasteiger partial charge is 0.322 e. The van der Waals surface area contributed by atoms with Gasteiger partial charge in [-0.15, -0.1) is 0 Å². The Bertz CT molecular complexity index is 1040. The van der Waals surface area contributed by atoms with Crippen molar-refractivity contribution in [2.75, 3.05) is 5.75 Å². The number of carbonyl (C=O) groups is 1. The predicted octanol–water partition coefficient (Wildman–Crippen LogP) is 3.11. The van der Waals surface area contributed by atoms with Gasteiger partial charge in [0, 0.05) is 24.7 Å². The minimum Gasteiger partial charge on any atom is -0.322 e. The zero-order valence-electron chi connectivity index (χ0n) is 14.7. The molecule has 2 aromatic carbocycles. The molecule has 0 aliphatic carbocycles. The lowest BCUT2D eigenvalue weighted by molar-refractivity contribution is -0.384. The number of rotatable bonds is 6. The predicted molar refractivity (Wildman–Crippen MR) is 105 cm³/mol. The van der Waals surface area contributed by atoms with Gasteiger partial charge < -0.3 is 4.57 Å². The highest BCUT2D eigenvalue weighted by Gasteiger charge is 2.11. The third kappa shape index (κ3) is 4.32. The minimum absolute atomic E-state index is 0.0224. The molecule has 1 N–H and O–H groups in total. The maximum Gasteiger partial charge on any atom is 0.270 e. The number of nitro groups is 1. The summed E-state index contributed by atoms with van der Waals surface area (Å²) >= 11 is 1.32. The zero-order chi connectivity index (χ0) is 19.4. The molecule has 3 rings (SSSR count). The van der Waals surface area contributed by atoms with Gasteiger partial charge in [0.15, 0.2) is 5.16 Å². The van der Waals surface area contributed by atoms with E-state index in [0.717, 1.165) is 16.2 Å². The number of aromatic nitrogens is 2. The molecule has 138 valence electrons. The summed E-state index contributed by atoms with van der Waals surface area (Å²) in [5.74, 6) is -0.125. The molecule has 8 nitrogen and oxygen atoms in total. The molecule has 0 atom stereocenters. The van der Waals surface area contributed by atoms with E-state index in [2.05, 4.69) is 15.5 Å². The molecule has 27 heavy (non-hydrogen) atoms. The van der Waals surface area contributed by atoms with Crippen LogP contribution in [0.4, 0.5) is 5.69 Å². The van der Waals surface area contributed by atoms with E-state index < -0.39 is 4.92 Å². The number of carbonyl (C=O) groups excluding carboxylic acids is 1. The Labute approximate surface area is 159 Å². The van der Waals surface area contributed by atoms with Crippen LogP contribution < -0.4 is 5.43 Å². The molecule has 3 aromatic rings. The molecule has 0 saturated heterocycles. The molecule has 0 aliphatic rings. The number of nitro benzene ring substituents is 1. The summed E-state index contributed by atoms with van der Waals surface area (Å²) in [4.78, 5) is 26.9. The Hall–Kier alpha value is -3.20. The monoisotopic (exact) mass is 383 g/mol. The number of aryl methyl sites for hydroxylation is 1. The number of hydrogen-bond donors (Lipinski definition) is 1. The van der Waals surface area contributed by atoms with E-state index in [1.54, 1.807) is 19.1 Å². The molecule has 9 heteroatoms. The number of thioether (sulfide) groups is 1. The quantitative estimate of drug-likeness (QED) is 0.305. The summed E-state index contributed by atoms with van der Waals surface area (Å²) in [6.45, 7) is 1.68. The van der Waals surface area contributed by atoms with Crippen molar-refractivity contribution in [1.29, 1.82) is 0 Å². The van der Waals surface area contributed by atoms with Crippen molar-refractivity contribution < 1.29 is 9.72 Å². The van der Waals surface area contributed by atoms with E-state index in [9.17, 15) is 14.9 Å². The zero-order valence-corrected chi connectivity index (χ0v) is 15.6. The Balaban J connectivity index is 1.62. The summed E-state index contributed by atoms with van der Waals surface area (Å²) in [6, 6.07) is 13.9. The minimum atomic E-state index is -0.469. The second-order valence-electron chi connectivity index (χ2n) is 5.77. The van der Waals surface area contributed by atoms with Crippen LogP contribution in [-0.4, -0.2) is 31.8 Å². The summed E-state index contributed by atoms with van der Waals surface area (Å²) in [6.07, 6.45) is 0. The van der Waals surface area contributed by atoms with Gasteiger partial charge in [-0.1, -0.05) is 36.0 Å². The second-order valence-corrected chi connectivity index (χ2v) is 6.71. The van der Waals surface area contributed by atoms with E-state index in [-0.39, 0.29) is 17.3 Å². The number of imidazole rings is 1. The maximum absolute atomic E-state index is 12.1. The van der Waals surface area contributed by atoms with E-state index in [0.29, 0.717) is 11.3 Å². The summed E-state index contributed by atoms with van der Waals surface area (Å²) < 4.78 is 1.94. The first-order valence-electron chi connectivity index (χ1n) is 8.08. The number of non-ortho nitro benzene ring substituents is 1. The van der Waals surface area contributed by atoms with Crippen LogP contribution in [0.3, 0.4) is 0 Å². The fraction of sp³-hybridized carbons (Fsp3) is 0.167. The van der Waals surface area contributed by atoms with Gasteiger partial charge in [-0.05, 0) is 19.1 Å². The third-order valence-electron chi connectivity index (χ3n) is 3.90. The van der Waals surface area contributed by atoms with Crippen LogP contribution in [0.25, 0.3) is 11.0 Å². The molecule has 0 bridgehead atoms. The average Bonchev–Trinajstić information content (AvgIpc) is 3.00. The van der Waals surface area contributed by atoms with Gasteiger partial charge in [-0.3, -0.25) is 14.9 Å². The highest BCUT2D eigenvalue weighted by atomic mass is 32.2. The van der Waals surface area contributed by atoms with E-state index in [1.807, 2.05) is 35.9 Å². The molecule has 0 unspecified atom stereocenters. The Morgan fingerprint density at radius 3 is 2.81 bits per heavy atom. The van der Waals surface area contributed by atoms with Gasteiger partial charge in [-0.2, -0.15) is 5.10 Å². The van der Waals surface area contributed by atoms with Crippen molar-refractivity contribution in [2.24, 2.45) is 12.1 Å². The lowest BCUT2D eigenvalue weighted by Gasteiger charge is -2.04. The Morgan fingerprint density at radius 2 is 2.07 bits per heavy atom. The number of nitrogens with one attached hydrogen (secondary N) is 1. The molecule has 0 fully saturated rings. The lowest BCUT2D eigenvalue weighted by atomic mass is 10.1. The molecule has 1 amide bonds. The average molecular weight is 383 g/mol. The highest BCUT2D eigenvalue weighted by Crippen LogP contribution is 2.22. The first-order chi connectivity index (χ1) is 13.0. The number of nitrogens with zero attached hydrogens (tertiary/aromatic N) is 4. The van der Waals surface area contributed by atoms with E-state index in [4.69, 9.17) is 0 Å². The smallest absolute Gasteiger partial charge is 0.270 e. The molecular formula is C18H17N5O3S. The standard InChI is InChI=1S/C18H17N5O3S/c1-12(13-6-5-7-14(10-13)23(25)26)20-21-17(24)11-27-18-19-15-8-3-4-9-16(15)22(18)2/h3-10H,11H2,1-2H3,(H,21,24). The molecule has 0 aliphatic heterocycles. The Kier molecular flexibility index (Phi) is 5.51. The lowest BCUT2D eigenvalue weighted by Crippen LogP contribution is -2.21. The summed E-state index contributed by atoms with van der Waals surface area (Å²) in [5.41, 5.74) is 5.39. The van der Waals surface area contributed by atoms with Crippen LogP contribution in [0.15, 0.2) is 58.8 Å². The molecular weight excluding hydrogens is 366 g/mol. The van der Waals surface area contributed by atoms with Crippen LogP contribution >= 0.6 is 11.8 Å². The van der Waals surface area contributed by atoms with Gasteiger partial charge >= 0.3 is 0 Å². The van der Waals surface area contributed by atoms with Crippen molar-refractivity contribution in [3.63, 3.8) is 0 Å². The van der Waals surface area contributed by atoms with Crippen LogP contribution in [0, 0.1) is 10.1 Å². The highest BCUT2D eigenvalue weighted by molar-refractivity contribution is 7.99. The van der Waals surface area contributed by atoms with Crippen molar-refractivity contribution in [1.82, 2.24) is 15.0 Å². The third-order valence-corrected chi connectivity index (χ3v) is 4.93. The van der Waals surface area contributed by atoms with Gasteiger partial charge in [0.05, 0.1) is 27.4 Å². The molecule has 0 radical (unpaired) electrons. The van der Waals surface area contributed by atoms with Gasteiger partial charge in [0.2, 0.25) is 0 Å². The van der Waals surface area contributed by atoms with Gasteiger partial charge in [-0.25, -0.2) is 10.4 Å². The van der Waals surface area contributed by atoms with Crippen molar-refractivity contribution in [3.8, 4) is 0 Å². The fourth-order valence-electron chi connectivity index (χ4n) is 2.47. The number of hydrogen-bond acceptors (Lipinski definition) is 6. The second kappa shape index (κ2) is 8.00. The van der Waals surface area contributed by atoms with Crippen molar-refractivity contribution >= 4 is 40.1 Å². The van der Waals surface area contributed by atoms with E-state index in [1.165, 1.54) is 23.9 Å². The van der Waals surface area contributed by atoms with Crippen LogP contribution in [-0.2, 0) is 11.8 Å². The number of amides is 1. The SMILES string of the molecule is CC(=NNC(=O)CSc1nc2ccccc2n1C)c1cccc([N+](=O)[O-])c1. The molecule has 1 aromatic heterocycles. The van der Waals surface area contributed by atoms with Crippen LogP contribution in [0.1, 0.15) is 12.5 Å². The van der Waals surface area contributed by atoms with Gasteiger partial charge in [0.25, 0.3) is 11.6 Å².